The fourth-order valence-electron chi connectivity index (χ4n) is 3.52. The van der Waals surface area contributed by atoms with Crippen LogP contribution in [-0.4, -0.2) is 49.5 Å². The maximum absolute atomic E-state index is 13.6. The van der Waals surface area contributed by atoms with Crippen molar-refractivity contribution in [3.63, 3.8) is 0 Å². The molecule has 0 bridgehead atoms. The SMILES string of the molecule is Cc1ccccc1CN(C(=O)CN(c1ccc(Cl)cc1C)S(C)(=O)=O)C(C)C(=O)NC(C)(C)C. The first-order chi connectivity index (χ1) is 15.6. The number of carbonyl (C=O) groups excluding carboxylic acids is 2. The van der Waals surface area contributed by atoms with Gasteiger partial charge in [0.2, 0.25) is 21.8 Å². The molecule has 2 aromatic carbocycles. The smallest absolute Gasteiger partial charge is 0.244 e. The van der Waals surface area contributed by atoms with Gasteiger partial charge in [-0.15, -0.1) is 0 Å². The van der Waals surface area contributed by atoms with Crippen LogP contribution in [0.25, 0.3) is 0 Å². The number of rotatable bonds is 8. The lowest BCUT2D eigenvalue weighted by Gasteiger charge is -2.33. The molecule has 1 atom stereocenters. The van der Waals surface area contributed by atoms with E-state index in [0.29, 0.717) is 16.3 Å². The van der Waals surface area contributed by atoms with Crippen LogP contribution in [0.3, 0.4) is 0 Å². The Labute approximate surface area is 208 Å². The van der Waals surface area contributed by atoms with Gasteiger partial charge in [0.25, 0.3) is 0 Å². The Bertz CT molecular complexity index is 1160. The van der Waals surface area contributed by atoms with Crippen LogP contribution >= 0.6 is 11.6 Å². The third-order valence-corrected chi connectivity index (χ3v) is 6.74. The van der Waals surface area contributed by atoms with Crippen molar-refractivity contribution in [1.82, 2.24) is 10.2 Å². The second-order valence-electron chi connectivity index (χ2n) is 9.56. The van der Waals surface area contributed by atoms with Crippen molar-refractivity contribution in [2.45, 2.75) is 59.7 Å². The number of amides is 2. The molecule has 7 nitrogen and oxygen atoms in total. The Hall–Kier alpha value is -2.58. The molecule has 0 heterocycles. The van der Waals surface area contributed by atoms with Crippen LogP contribution < -0.4 is 9.62 Å². The lowest BCUT2D eigenvalue weighted by molar-refractivity contribution is -0.140. The predicted molar refractivity (Wildman–Crippen MR) is 137 cm³/mol. The Balaban J connectivity index is 2.45. The Kier molecular flexibility index (Phi) is 8.77. The third-order valence-electron chi connectivity index (χ3n) is 5.37. The molecule has 0 saturated carbocycles. The summed E-state index contributed by atoms with van der Waals surface area (Å²) in [7, 11) is -3.80. The number of hydrogen-bond donors (Lipinski definition) is 1. The summed E-state index contributed by atoms with van der Waals surface area (Å²) < 4.78 is 26.4. The van der Waals surface area contributed by atoms with Gasteiger partial charge in [-0.25, -0.2) is 8.42 Å². The number of anilines is 1. The number of carbonyl (C=O) groups is 2. The fraction of sp³-hybridized carbons (Fsp3) is 0.440. The minimum Gasteiger partial charge on any atom is -0.350 e. The highest BCUT2D eigenvalue weighted by Gasteiger charge is 2.32. The molecule has 0 fully saturated rings. The summed E-state index contributed by atoms with van der Waals surface area (Å²) in [6, 6.07) is 11.6. The minimum absolute atomic E-state index is 0.168. The van der Waals surface area contributed by atoms with Crippen LogP contribution in [0.4, 0.5) is 5.69 Å². The van der Waals surface area contributed by atoms with Gasteiger partial charge in [0, 0.05) is 17.1 Å². The maximum Gasteiger partial charge on any atom is 0.244 e. The molecule has 0 spiro atoms. The number of nitrogens with one attached hydrogen (secondary N) is 1. The molecule has 0 saturated heterocycles. The molecular weight excluding hydrogens is 474 g/mol. The van der Waals surface area contributed by atoms with E-state index in [9.17, 15) is 18.0 Å². The van der Waals surface area contributed by atoms with Gasteiger partial charge >= 0.3 is 0 Å². The Morgan fingerprint density at radius 2 is 1.68 bits per heavy atom. The molecule has 186 valence electrons. The average Bonchev–Trinajstić information content (AvgIpc) is 2.69. The molecular formula is C25H34ClN3O4S. The van der Waals surface area contributed by atoms with Gasteiger partial charge in [-0.3, -0.25) is 13.9 Å². The zero-order valence-corrected chi connectivity index (χ0v) is 22.4. The Morgan fingerprint density at radius 3 is 2.21 bits per heavy atom. The van der Waals surface area contributed by atoms with E-state index in [4.69, 9.17) is 11.6 Å². The van der Waals surface area contributed by atoms with Gasteiger partial charge in [-0.05, 0) is 76.4 Å². The maximum atomic E-state index is 13.6. The number of benzene rings is 2. The van der Waals surface area contributed by atoms with E-state index in [1.165, 1.54) is 4.90 Å². The van der Waals surface area contributed by atoms with Crippen molar-refractivity contribution in [3.05, 3.63) is 64.2 Å². The van der Waals surface area contributed by atoms with Gasteiger partial charge in [-0.2, -0.15) is 0 Å². The molecule has 2 rings (SSSR count). The van der Waals surface area contributed by atoms with Crippen LogP contribution in [0.2, 0.25) is 5.02 Å². The standard InChI is InChI=1S/C25H34ClN3O4S/c1-17-10-8-9-11-20(17)15-28(19(3)24(31)27-25(4,5)6)23(30)16-29(34(7,32)33)22-13-12-21(26)14-18(22)2/h8-14,19H,15-16H2,1-7H3,(H,27,31). The molecule has 1 unspecified atom stereocenters. The molecule has 9 heteroatoms. The number of sulfonamides is 1. The lowest BCUT2D eigenvalue weighted by atomic mass is 10.1. The van der Waals surface area contributed by atoms with E-state index in [0.717, 1.165) is 21.7 Å². The Morgan fingerprint density at radius 1 is 1.06 bits per heavy atom. The fourth-order valence-corrected chi connectivity index (χ4v) is 4.65. The van der Waals surface area contributed by atoms with Crippen molar-refractivity contribution in [3.8, 4) is 0 Å². The molecule has 2 aromatic rings. The molecule has 34 heavy (non-hydrogen) atoms. The van der Waals surface area contributed by atoms with Crippen LogP contribution in [0.5, 0.6) is 0 Å². The van der Waals surface area contributed by atoms with E-state index in [-0.39, 0.29) is 12.5 Å². The molecule has 0 aliphatic rings. The van der Waals surface area contributed by atoms with Gasteiger partial charge in [0.15, 0.2) is 0 Å². The van der Waals surface area contributed by atoms with E-state index in [1.807, 2.05) is 52.0 Å². The van der Waals surface area contributed by atoms with Crippen molar-refractivity contribution in [2.75, 3.05) is 17.1 Å². The minimum atomic E-state index is -3.80. The molecule has 2 amide bonds. The topological polar surface area (TPSA) is 86.8 Å². The predicted octanol–water partition coefficient (Wildman–Crippen LogP) is 4.05. The number of hydrogen-bond acceptors (Lipinski definition) is 4. The van der Waals surface area contributed by atoms with E-state index >= 15 is 0 Å². The highest BCUT2D eigenvalue weighted by molar-refractivity contribution is 7.92. The first-order valence-corrected chi connectivity index (χ1v) is 13.2. The van der Waals surface area contributed by atoms with Crippen LogP contribution in [-0.2, 0) is 26.2 Å². The zero-order valence-electron chi connectivity index (χ0n) is 20.8. The first kappa shape index (κ1) is 27.7. The largest absolute Gasteiger partial charge is 0.350 e. The van der Waals surface area contributed by atoms with Gasteiger partial charge in [0.1, 0.15) is 12.6 Å². The summed E-state index contributed by atoms with van der Waals surface area (Å²) in [5.41, 5.74) is 2.34. The first-order valence-electron chi connectivity index (χ1n) is 11.0. The quantitative estimate of drug-likeness (QED) is 0.583. The van der Waals surface area contributed by atoms with Crippen LogP contribution in [0.15, 0.2) is 42.5 Å². The summed E-state index contributed by atoms with van der Waals surface area (Å²) in [5.74, 6) is -0.803. The summed E-state index contributed by atoms with van der Waals surface area (Å²) in [6.45, 7) is 10.6. The van der Waals surface area contributed by atoms with Gasteiger partial charge in [-0.1, -0.05) is 35.9 Å². The van der Waals surface area contributed by atoms with E-state index in [1.54, 1.807) is 32.0 Å². The third kappa shape index (κ3) is 7.46. The van der Waals surface area contributed by atoms with E-state index < -0.39 is 34.1 Å². The molecule has 1 N–H and O–H groups in total. The lowest BCUT2D eigenvalue weighted by Crippen LogP contribution is -2.54. The number of aryl methyl sites for hydroxylation is 2. The highest BCUT2D eigenvalue weighted by Crippen LogP contribution is 2.26. The van der Waals surface area contributed by atoms with Gasteiger partial charge < -0.3 is 10.2 Å². The van der Waals surface area contributed by atoms with Gasteiger partial charge in [0.05, 0.1) is 11.9 Å². The second-order valence-corrected chi connectivity index (χ2v) is 11.9. The van der Waals surface area contributed by atoms with Crippen molar-refractivity contribution in [2.24, 2.45) is 0 Å². The average molecular weight is 508 g/mol. The summed E-state index contributed by atoms with van der Waals surface area (Å²) in [4.78, 5) is 28.0. The van der Waals surface area contributed by atoms with Crippen LogP contribution in [0, 0.1) is 13.8 Å². The summed E-state index contributed by atoms with van der Waals surface area (Å²) in [6.07, 6.45) is 1.05. The monoisotopic (exact) mass is 507 g/mol. The van der Waals surface area contributed by atoms with Crippen molar-refractivity contribution < 1.29 is 18.0 Å². The zero-order chi connectivity index (χ0) is 25.8. The van der Waals surface area contributed by atoms with Crippen molar-refractivity contribution >= 4 is 39.1 Å². The summed E-state index contributed by atoms with van der Waals surface area (Å²) in [5, 5.41) is 3.37. The number of nitrogens with zero attached hydrogens (tertiary/aromatic N) is 2. The normalized spacial score (nSPS) is 12.7. The molecule has 0 aliphatic heterocycles. The van der Waals surface area contributed by atoms with Crippen molar-refractivity contribution in [1.29, 1.82) is 0 Å². The second kappa shape index (κ2) is 10.8. The molecule has 0 aliphatic carbocycles. The van der Waals surface area contributed by atoms with Crippen LogP contribution in [0.1, 0.15) is 44.4 Å². The molecule has 0 radical (unpaired) electrons. The summed E-state index contributed by atoms with van der Waals surface area (Å²) >= 11 is 6.04. The number of halogens is 1. The highest BCUT2D eigenvalue weighted by atomic mass is 35.5. The molecule has 0 aromatic heterocycles. The van der Waals surface area contributed by atoms with E-state index in [2.05, 4.69) is 5.32 Å².